The number of aliphatic hydroxyl groups excluding tert-OH is 1. The predicted molar refractivity (Wildman–Crippen MR) is 65.3 cm³/mol. The average Bonchev–Trinajstić information content (AvgIpc) is 2.63. The quantitative estimate of drug-likeness (QED) is 0.402. The van der Waals surface area contributed by atoms with Crippen molar-refractivity contribution in [1.29, 1.82) is 0 Å². The Labute approximate surface area is 104 Å². The highest BCUT2D eigenvalue weighted by Crippen LogP contribution is 2.12. The normalized spacial score (nSPS) is 12.9. The summed E-state index contributed by atoms with van der Waals surface area (Å²) in [5, 5.41) is 19.5. The molecule has 3 N–H and O–H groups in total. The average molecular weight is 262 g/mol. The summed E-state index contributed by atoms with van der Waals surface area (Å²) in [7, 11) is 3.27. The summed E-state index contributed by atoms with van der Waals surface area (Å²) in [6.45, 7) is 1.82. The van der Waals surface area contributed by atoms with Gasteiger partial charge in [0.05, 0.1) is 12.7 Å². The van der Waals surface area contributed by atoms with E-state index >= 15 is 0 Å². The van der Waals surface area contributed by atoms with Crippen LogP contribution in [0.15, 0.2) is 9.95 Å². The van der Waals surface area contributed by atoms with E-state index in [-0.39, 0.29) is 5.69 Å². The molecule has 98 valence electrons. The monoisotopic (exact) mass is 262 g/mol. The summed E-state index contributed by atoms with van der Waals surface area (Å²) in [5.41, 5.74) is -0.250. The molecule has 0 aliphatic carbocycles. The standard InChI is InChI=1S/C9H18N4O3S/c1-13-8(15)11-12-9(13)17-6-7(14)5-10-3-4-16-2/h7,10,14H,3-6H2,1-2H3,(H,11,15). The van der Waals surface area contributed by atoms with Crippen LogP contribution in [0.4, 0.5) is 0 Å². The Morgan fingerprint density at radius 1 is 1.71 bits per heavy atom. The van der Waals surface area contributed by atoms with Crippen molar-refractivity contribution in [2.75, 3.05) is 32.6 Å². The van der Waals surface area contributed by atoms with Crippen molar-refractivity contribution < 1.29 is 9.84 Å². The molecule has 1 aromatic rings. The largest absolute Gasteiger partial charge is 0.391 e. The molecule has 0 fully saturated rings. The Morgan fingerprint density at radius 2 is 2.47 bits per heavy atom. The molecule has 0 saturated heterocycles. The van der Waals surface area contributed by atoms with Gasteiger partial charge in [-0.1, -0.05) is 11.8 Å². The molecule has 0 spiro atoms. The molecule has 0 amide bonds. The predicted octanol–water partition coefficient (Wildman–Crippen LogP) is -1.20. The van der Waals surface area contributed by atoms with Crippen LogP contribution in [0.1, 0.15) is 0 Å². The molecular weight excluding hydrogens is 244 g/mol. The highest BCUT2D eigenvalue weighted by atomic mass is 32.2. The van der Waals surface area contributed by atoms with E-state index in [1.165, 1.54) is 16.3 Å². The second kappa shape index (κ2) is 7.49. The first-order chi connectivity index (χ1) is 8.15. The van der Waals surface area contributed by atoms with E-state index in [9.17, 15) is 9.90 Å². The molecular formula is C9H18N4O3S. The lowest BCUT2D eigenvalue weighted by Gasteiger charge is -2.10. The summed E-state index contributed by atoms with van der Waals surface area (Å²) >= 11 is 1.34. The van der Waals surface area contributed by atoms with Gasteiger partial charge in [-0.2, -0.15) is 0 Å². The molecule has 0 bridgehead atoms. The number of aromatic nitrogens is 3. The van der Waals surface area contributed by atoms with Gasteiger partial charge in [-0.3, -0.25) is 4.57 Å². The number of thioether (sulfide) groups is 1. The van der Waals surface area contributed by atoms with E-state index < -0.39 is 6.10 Å². The molecule has 1 atom stereocenters. The smallest absolute Gasteiger partial charge is 0.343 e. The lowest BCUT2D eigenvalue weighted by molar-refractivity contribution is 0.175. The van der Waals surface area contributed by atoms with Gasteiger partial charge in [0.1, 0.15) is 0 Å². The number of rotatable bonds is 8. The maximum atomic E-state index is 11.1. The molecule has 1 unspecified atom stereocenters. The zero-order chi connectivity index (χ0) is 12.7. The van der Waals surface area contributed by atoms with Gasteiger partial charge in [0.2, 0.25) is 0 Å². The van der Waals surface area contributed by atoms with Crippen LogP contribution in [-0.4, -0.2) is 58.5 Å². The van der Waals surface area contributed by atoms with Crippen molar-refractivity contribution in [3.05, 3.63) is 10.5 Å². The van der Waals surface area contributed by atoms with Crippen LogP contribution in [-0.2, 0) is 11.8 Å². The van der Waals surface area contributed by atoms with E-state index in [1.807, 2.05) is 0 Å². The molecule has 1 aromatic heterocycles. The summed E-state index contributed by atoms with van der Waals surface area (Å²) < 4.78 is 6.28. The van der Waals surface area contributed by atoms with Gasteiger partial charge in [0.25, 0.3) is 0 Å². The van der Waals surface area contributed by atoms with E-state index in [2.05, 4.69) is 15.5 Å². The van der Waals surface area contributed by atoms with Gasteiger partial charge >= 0.3 is 5.69 Å². The van der Waals surface area contributed by atoms with Gasteiger partial charge in [0, 0.05) is 33.0 Å². The number of nitrogens with one attached hydrogen (secondary N) is 2. The third-order valence-electron chi connectivity index (χ3n) is 2.11. The van der Waals surface area contributed by atoms with E-state index in [4.69, 9.17) is 4.74 Å². The Bertz CT molecular complexity index is 379. The Morgan fingerprint density at radius 3 is 3.06 bits per heavy atom. The van der Waals surface area contributed by atoms with Gasteiger partial charge < -0.3 is 15.2 Å². The summed E-state index contributed by atoms with van der Waals surface area (Å²) in [5.74, 6) is 0.484. The molecule has 0 aliphatic heterocycles. The summed E-state index contributed by atoms with van der Waals surface area (Å²) in [6.07, 6.45) is -0.483. The lowest BCUT2D eigenvalue weighted by Crippen LogP contribution is -2.30. The van der Waals surface area contributed by atoms with Gasteiger partial charge in [-0.05, 0) is 0 Å². The first-order valence-electron chi connectivity index (χ1n) is 5.27. The van der Waals surface area contributed by atoms with Crippen LogP contribution in [0.2, 0.25) is 0 Å². The fraction of sp³-hybridized carbons (Fsp3) is 0.778. The molecule has 17 heavy (non-hydrogen) atoms. The topological polar surface area (TPSA) is 92.2 Å². The molecule has 1 heterocycles. The SMILES string of the molecule is COCCNCC(O)CSc1n[nH]c(=O)n1C. The molecule has 0 aliphatic rings. The minimum absolute atomic E-state index is 0.250. The molecule has 7 nitrogen and oxygen atoms in total. The van der Waals surface area contributed by atoms with Crippen molar-refractivity contribution >= 4 is 11.8 Å². The number of methoxy groups -OCH3 is 1. The van der Waals surface area contributed by atoms with Gasteiger partial charge in [0.15, 0.2) is 5.16 Å². The van der Waals surface area contributed by atoms with Crippen molar-refractivity contribution in [1.82, 2.24) is 20.1 Å². The number of H-pyrrole nitrogens is 1. The highest BCUT2D eigenvalue weighted by molar-refractivity contribution is 7.99. The number of aliphatic hydroxyl groups is 1. The first kappa shape index (κ1) is 14.2. The fourth-order valence-corrected chi connectivity index (χ4v) is 1.98. The molecule has 0 aromatic carbocycles. The molecule has 8 heteroatoms. The third kappa shape index (κ3) is 4.90. The third-order valence-corrected chi connectivity index (χ3v) is 3.28. The van der Waals surface area contributed by atoms with Crippen LogP contribution in [0.25, 0.3) is 0 Å². The minimum Gasteiger partial charge on any atom is -0.391 e. The highest BCUT2D eigenvalue weighted by Gasteiger charge is 2.09. The number of ether oxygens (including phenoxy) is 1. The van der Waals surface area contributed by atoms with Gasteiger partial charge in [-0.25, -0.2) is 9.89 Å². The zero-order valence-electron chi connectivity index (χ0n) is 9.97. The van der Waals surface area contributed by atoms with Crippen molar-refractivity contribution in [3.8, 4) is 0 Å². The van der Waals surface area contributed by atoms with Crippen LogP contribution in [0.3, 0.4) is 0 Å². The first-order valence-corrected chi connectivity index (χ1v) is 6.25. The summed E-state index contributed by atoms with van der Waals surface area (Å²) in [6, 6.07) is 0. The maximum absolute atomic E-state index is 11.1. The van der Waals surface area contributed by atoms with Crippen LogP contribution < -0.4 is 11.0 Å². The molecule has 1 rings (SSSR count). The van der Waals surface area contributed by atoms with E-state index in [0.29, 0.717) is 30.6 Å². The number of aromatic amines is 1. The minimum atomic E-state index is -0.483. The molecule has 0 radical (unpaired) electrons. The number of hydrogen-bond donors (Lipinski definition) is 3. The van der Waals surface area contributed by atoms with E-state index in [1.54, 1.807) is 14.2 Å². The van der Waals surface area contributed by atoms with Crippen molar-refractivity contribution in [2.45, 2.75) is 11.3 Å². The lowest BCUT2D eigenvalue weighted by atomic mass is 10.4. The van der Waals surface area contributed by atoms with Crippen molar-refractivity contribution in [3.63, 3.8) is 0 Å². The van der Waals surface area contributed by atoms with Gasteiger partial charge in [-0.15, -0.1) is 5.10 Å². The number of nitrogens with zero attached hydrogens (tertiary/aromatic N) is 2. The van der Waals surface area contributed by atoms with Crippen LogP contribution in [0.5, 0.6) is 0 Å². The number of hydrogen-bond acceptors (Lipinski definition) is 6. The maximum Gasteiger partial charge on any atom is 0.343 e. The summed E-state index contributed by atoms with van der Waals surface area (Å²) in [4.78, 5) is 11.1. The fourth-order valence-electron chi connectivity index (χ4n) is 1.13. The second-order valence-corrected chi connectivity index (χ2v) is 4.52. The zero-order valence-corrected chi connectivity index (χ0v) is 10.8. The Hall–Kier alpha value is -0.830. The van der Waals surface area contributed by atoms with E-state index in [0.717, 1.165) is 0 Å². The molecule has 0 saturated carbocycles. The Kier molecular flexibility index (Phi) is 6.27. The Balaban J connectivity index is 2.21. The van der Waals surface area contributed by atoms with Crippen LogP contribution in [0, 0.1) is 0 Å². The second-order valence-electron chi connectivity index (χ2n) is 3.53. The van der Waals surface area contributed by atoms with Crippen LogP contribution >= 0.6 is 11.8 Å². The van der Waals surface area contributed by atoms with Crippen molar-refractivity contribution in [2.24, 2.45) is 7.05 Å².